The van der Waals surface area contributed by atoms with Crippen LogP contribution in [0.4, 0.5) is 0 Å². The minimum absolute atomic E-state index is 0.0620. The van der Waals surface area contributed by atoms with Crippen LogP contribution in [0.5, 0.6) is 0 Å². The van der Waals surface area contributed by atoms with Crippen LogP contribution in [-0.2, 0) is 14.3 Å². The SMILES string of the molecule is C[C@@]1(CO)[C@H]2C[C@@]3([C@@H](O)C=C2C(=O)O)[C@H](OC=O)CC[C@@H]13. The molecule has 2 fully saturated rings. The van der Waals surface area contributed by atoms with Gasteiger partial charge in [-0.3, -0.25) is 4.79 Å². The zero-order chi connectivity index (χ0) is 15.4. The van der Waals surface area contributed by atoms with Crippen LogP contribution in [0.25, 0.3) is 0 Å². The predicted octanol–water partition coefficient (Wildman–Crippen LogP) is 0.328. The van der Waals surface area contributed by atoms with Crippen molar-refractivity contribution in [2.24, 2.45) is 22.7 Å². The Kier molecular flexibility index (Phi) is 3.15. The Balaban J connectivity index is 2.12. The fraction of sp³-hybridized carbons (Fsp3) is 0.733. The molecule has 0 heterocycles. The summed E-state index contributed by atoms with van der Waals surface area (Å²) in [6, 6.07) is 0. The van der Waals surface area contributed by atoms with E-state index in [0.29, 0.717) is 25.7 Å². The van der Waals surface area contributed by atoms with Crippen molar-refractivity contribution in [3.8, 4) is 0 Å². The highest BCUT2D eigenvalue weighted by Gasteiger charge is 2.70. The molecule has 21 heavy (non-hydrogen) atoms. The lowest BCUT2D eigenvalue weighted by Crippen LogP contribution is -2.46. The quantitative estimate of drug-likeness (QED) is 0.646. The fourth-order valence-corrected chi connectivity index (χ4v) is 5.25. The van der Waals surface area contributed by atoms with Gasteiger partial charge in [0.05, 0.1) is 6.10 Å². The van der Waals surface area contributed by atoms with Crippen LogP contribution < -0.4 is 0 Å². The van der Waals surface area contributed by atoms with E-state index in [1.807, 2.05) is 6.92 Å². The van der Waals surface area contributed by atoms with Gasteiger partial charge in [0.2, 0.25) is 0 Å². The van der Waals surface area contributed by atoms with Crippen LogP contribution in [0.3, 0.4) is 0 Å². The maximum atomic E-state index is 11.5. The number of hydrogen-bond acceptors (Lipinski definition) is 5. The Morgan fingerprint density at radius 2 is 2.24 bits per heavy atom. The largest absolute Gasteiger partial charge is 0.478 e. The Bertz CT molecular complexity index is 514. The van der Waals surface area contributed by atoms with Crippen molar-refractivity contribution in [1.29, 1.82) is 0 Å². The highest BCUT2D eigenvalue weighted by Crippen LogP contribution is 2.69. The van der Waals surface area contributed by atoms with Crippen LogP contribution in [0.1, 0.15) is 26.2 Å². The van der Waals surface area contributed by atoms with E-state index in [9.17, 15) is 24.9 Å². The van der Waals surface area contributed by atoms with Crippen molar-refractivity contribution < 1.29 is 29.6 Å². The monoisotopic (exact) mass is 296 g/mol. The molecule has 3 rings (SSSR count). The highest BCUT2D eigenvalue weighted by molar-refractivity contribution is 5.88. The van der Waals surface area contributed by atoms with Gasteiger partial charge in [-0.1, -0.05) is 6.92 Å². The van der Waals surface area contributed by atoms with Gasteiger partial charge >= 0.3 is 5.97 Å². The second-order valence-corrected chi connectivity index (χ2v) is 6.76. The Hall–Kier alpha value is -1.40. The second kappa shape index (κ2) is 4.55. The minimum atomic E-state index is -1.05. The Labute approximate surface area is 122 Å². The number of fused-ring (bicyclic) bond motifs is 1. The molecule has 0 aliphatic heterocycles. The molecule has 3 aliphatic rings. The molecule has 2 bridgehead atoms. The molecule has 3 N–H and O–H groups in total. The van der Waals surface area contributed by atoms with Crippen molar-refractivity contribution in [3.05, 3.63) is 11.6 Å². The second-order valence-electron chi connectivity index (χ2n) is 6.76. The summed E-state index contributed by atoms with van der Waals surface area (Å²) >= 11 is 0. The summed E-state index contributed by atoms with van der Waals surface area (Å²) in [4.78, 5) is 22.2. The van der Waals surface area contributed by atoms with Crippen molar-refractivity contribution in [1.82, 2.24) is 0 Å². The van der Waals surface area contributed by atoms with E-state index in [1.54, 1.807) is 0 Å². The summed E-state index contributed by atoms with van der Waals surface area (Å²) in [5, 5.41) is 29.9. The van der Waals surface area contributed by atoms with Crippen molar-refractivity contribution >= 4 is 12.4 Å². The van der Waals surface area contributed by atoms with E-state index >= 15 is 0 Å². The van der Waals surface area contributed by atoms with Gasteiger partial charge < -0.3 is 20.1 Å². The topological polar surface area (TPSA) is 104 Å². The lowest BCUT2D eigenvalue weighted by molar-refractivity contribution is -0.146. The normalized spacial score (nSPS) is 47.7. The van der Waals surface area contributed by atoms with Gasteiger partial charge in [0.25, 0.3) is 6.47 Å². The van der Waals surface area contributed by atoms with Gasteiger partial charge in [0, 0.05) is 23.0 Å². The number of carbonyl (C=O) groups excluding carboxylic acids is 1. The Morgan fingerprint density at radius 3 is 2.81 bits per heavy atom. The summed E-state index contributed by atoms with van der Waals surface area (Å²) in [5.74, 6) is -1.44. The molecule has 0 aromatic carbocycles. The summed E-state index contributed by atoms with van der Waals surface area (Å²) in [5.41, 5.74) is -1.10. The average Bonchev–Trinajstić information content (AvgIpc) is 2.90. The van der Waals surface area contributed by atoms with Crippen LogP contribution in [0.2, 0.25) is 0 Å². The molecule has 1 spiro atoms. The van der Waals surface area contributed by atoms with Gasteiger partial charge in [-0.05, 0) is 37.2 Å². The lowest BCUT2D eigenvalue weighted by atomic mass is 9.68. The summed E-state index contributed by atoms with van der Waals surface area (Å²) in [6.07, 6.45) is 1.79. The number of ether oxygens (including phenoxy) is 1. The molecule has 6 atom stereocenters. The minimum Gasteiger partial charge on any atom is -0.478 e. The molecule has 0 saturated heterocycles. The number of aliphatic carboxylic acids is 1. The van der Waals surface area contributed by atoms with Crippen LogP contribution in [0.15, 0.2) is 11.6 Å². The zero-order valence-electron chi connectivity index (χ0n) is 11.9. The van der Waals surface area contributed by atoms with Crippen molar-refractivity contribution in [2.75, 3.05) is 6.61 Å². The van der Waals surface area contributed by atoms with Gasteiger partial charge in [0.15, 0.2) is 0 Å². The van der Waals surface area contributed by atoms with Gasteiger partial charge in [-0.2, -0.15) is 0 Å². The summed E-state index contributed by atoms with van der Waals surface area (Å²) in [6.45, 7) is 2.13. The maximum absolute atomic E-state index is 11.5. The fourth-order valence-electron chi connectivity index (χ4n) is 5.25. The van der Waals surface area contributed by atoms with E-state index in [2.05, 4.69) is 0 Å². The number of rotatable bonds is 4. The van der Waals surface area contributed by atoms with Crippen LogP contribution >= 0.6 is 0 Å². The summed E-state index contributed by atoms with van der Waals surface area (Å²) in [7, 11) is 0. The number of carbonyl (C=O) groups is 2. The van der Waals surface area contributed by atoms with Crippen molar-refractivity contribution in [2.45, 2.75) is 38.4 Å². The third-order valence-corrected chi connectivity index (χ3v) is 6.19. The third-order valence-electron chi connectivity index (χ3n) is 6.19. The summed E-state index contributed by atoms with van der Waals surface area (Å²) < 4.78 is 5.20. The van der Waals surface area contributed by atoms with E-state index in [0.717, 1.165) is 0 Å². The molecular formula is C15H20O6. The molecular weight excluding hydrogens is 276 g/mol. The third kappa shape index (κ3) is 1.60. The molecule has 0 aromatic rings. The first-order valence-electron chi connectivity index (χ1n) is 7.25. The van der Waals surface area contributed by atoms with Gasteiger partial charge in [-0.15, -0.1) is 0 Å². The first kappa shape index (κ1) is 14.5. The number of aliphatic hydroxyl groups excluding tert-OH is 2. The van der Waals surface area contributed by atoms with E-state index in [-0.39, 0.29) is 24.0 Å². The van der Waals surface area contributed by atoms with Crippen LogP contribution in [0, 0.1) is 22.7 Å². The van der Waals surface area contributed by atoms with Crippen LogP contribution in [-0.4, -0.2) is 46.6 Å². The lowest BCUT2D eigenvalue weighted by Gasteiger charge is -2.40. The van der Waals surface area contributed by atoms with E-state index < -0.39 is 29.0 Å². The first-order chi connectivity index (χ1) is 9.91. The van der Waals surface area contributed by atoms with E-state index in [1.165, 1.54) is 6.08 Å². The number of hydrogen-bond donors (Lipinski definition) is 3. The molecule has 6 heteroatoms. The predicted molar refractivity (Wildman–Crippen MR) is 71.1 cm³/mol. The number of carboxylic acid groups (broad SMARTS) is 1. The molecule has 0 aromatic heterocycles. The molecule has 0 unspecified atom stereocenters. The van der Waals surface area contributed by atoms with E-state index in [4.69, 9.17) is 4.74 Å². The highest BCUT2D eigenvalue weighted by atomic mass is 16.5. The molecule has 116 valence electrons. The zero-order valence-corrected chi connectivity index (χ0v) is 11.9. The van der Waals surface area contributed by atoms with Gasteiger partial charge in [0.1, 0.15) is 6.10 Å². The molecule has 0 amide bonds. The molecule has 0 radical (unpaired) electrons. The molecule has 6 nitrogen and oxygen atoms in total. The first-order valence-corrected chi connectivity index (χ1v) is 7.25. The van der Waals surface area contributed by atoms with Crippen molar-refractivity contribution in [3.63, 3.8) is 0 Å². The maximum Gasteiger partial charge on any atom is 0.331 e. The number of carboxylic acids is 1. The standard InChI is InChI=1S/C15H20O6/c1-14(6-16)9-5-15(11(18)4-8(9)13(19)20)10(14)2-3-12(15)21-7-17/h4,7,9-12,16,18H,2-3,5-6H2,1H3,(H,19,20)/t9-,10-,11-,12+,14+,15+/m0/s1. The smallest absolute Gasteiger partial charge is 0.331 e. The Morgan fingerprint density at radius 1 is 1.52 bits per heavy atom. The molecule has 3 aliphatic carbocycles. The number of aliphatic hydroxyl groups is 2. The molecule has 2 saturated carbocycles. The average molecular weight is 296 g/mol. The van der Waals surface area contributed by atoms with Gasteiger partial charge in [-0.25, -0.2) is 4.79 Å².